The molecule has 2 nitrogen and oxygen atoms in total. The van der Waals surface area contributed by atoms with Crippen LogP contribution < -0.4 is 5.32 Å². The van der Waals surface area contributed by atoms with Crippen molar-refractivity contribution in [2.75, 3.05) is 5.32 Å². The van der Waals surface area contributed by atoms with Crippen molar-refractivity contribution in [1.82, 2.24) is 4.98 Å². The monoisotopic (exact) mass is 252 g/mol. The standard InChI is InChI=1S/C17H20N2/c1-2-9-15(10-3-1)18-13-16-11-6-12-17(19-16)14-7-4-5-8-14/h1-3,6,9-12,14,18H,4-5,7-8,13H2. The van der Waals surface area contributed by atoms with E-state index in [1.54, 1.807) is 0 Å². The largest absolute Gasteiger partial charge is 0.379 e. The van der Waals surface area contributed by atoms with E-state index in [0.717, 1.165) is 17.9 Å². The Bertz CT molecular complexity index is 516. The summed E-state index contributed by atoms with van der Waals surface area (Å²) in [5.74, 6) is 0.691. The van der Waals surface area contributed by atoms with Crippen molar-refractivity contribution in [3.05, 3.63) is 59.9 Å². The number of para-hydroxylation sites is 1. The number of nitrogens with one attached hydrogen (secondary N) is 1. The number of benzene rings is 1. The van der Waals surface area contributed by atoms with Gasteiger partial charge in [-0.3, -0.25) is 4.98 Å². The number of nitrogens with zero attached hydrogens (tertiary/aromatic N) is 1. The van der Waals surface area contributed by atoms with Gasteiger partial charge in [-0.05, 0) is 37.1 Å². The minimum absolute atomic E-state index is 0.691. The quantitative estimate of drug-likeness (QED) is 0.875. The van der Waals surface area contributed by atoms with Crippen LogP contribution in [0.5, 0.6) is 0 Å². The fourth-order valence-electron chi connectivity index (χ4n) is 2.79. The molecule has 0 atom stereocenters. The van der Waals surface area contributed by atoms with Crippen molar-refractivity contribution in [3.8, 4) is 0 Å². The van der Waals surface area contributed by atoms with Gasteiger partial charge in [-0.1, -0.05) is 37.1 Å². The molecule has 0 amide bonds. The Morgan fingerprint density at radius 2 is 1.74 bits per heavy atom. The lowest BCUT2D eigenvalue weighted by atomic mass is 10.0. The Labute approximate surface area is 114 Å². The zero-order chi connectivity index (χ0) is 12.9. The Morgan fingerprint density at radius 3 is 2.53 bits per heavy atom. The van der Waals surface area contributed by atoms with Crippen molar-refractivity contribution in [2.45, 2.75) is 38.1 Å². The summed E-state index contributed by atoms with van der Waals surface area (Å²) in [5, 5.41) is 3.42. The first-order valence-corrected chi connectivity index (χ1v) is 7.16. The molecule has 2 heteroatoms. The highest BCUT2D eigenvalue weighted by atomic mass is 14.9. The molecular formula is C17H20N2. The maximum absolute atomic E-state index is 4.81. The molecule has 1 aliphatic rings. The molecule has 0 saturated heterocycles. The molecule has 0 unspecified atom stereocenters. The SMILES string of the molecule is c1ccc(NCc2cccc(C3CCCC3)n2)cc1. The van der Waals surface area contributed by atoms with Gasteiger partial charge in [0.2, 0.25) is 0 Å². The van der Waals surface area contributed by atoms with Gasteiger partial charge in [0, 0.05) is 17.3 Å². The minimum Gasteiger partial charge on any atom is -0.379 e. The molecule has 0 spiro atoms. The second-order valence-corrected chi connectivity index (χ2v) is 5.25. The van der Waals surface area contributed by atoms with Crippen molar-refractivity contribution < 1.29 is 0 Å². The molecule has 98 valence electrons. The van der Waals surface area contributed by atoms with E-state index >= 15 is 0 Å². The maximum atomic E-state index is 4.81. The second-order valence-electron chi connectivity index (χ2n) is 5.25. The van der Waals surface area contributed by atoms with E-state index in [1.165, 1.54) is 31.4 Å². The third-order valence-electron chi connectivity index (χ3n) is 3.85. The molecule has 19 heavy (non-hydrogen) atoms. The molecule has 0 aliphatic heterocycles. The van der Waals surface area contributed by atoms with Crippen molar-refractivity contribution in [3.63, 3.8) is 0 Å². The van der Waals surface area contributed by atoms with Crippen LogP contribution in [0.25, 0.3) is 0 Å². The molecule has 1 N–H and O–H groups in total. The third kappa shape index (κ3) is 3.14. The highest BCUT2D eigenvalue weighted by molar-refractivity contribution is 5.42. The molecule has 1 fully saturated rings. The van der Waals surface area contributed by atoms with Crippen LogP contribution in [-0.2, 0) is 6.54 Å². The van der Waals surface area contributed by atoms with E-state index in [4.69, 9.17) is 4.98 Å². The first kappa shape index (κ1) is 12.2. The van der Waals surface area contributed by atoms with Crippen LogP contribution in [0.15, 0.2) is 48.5 Å². The summed E-state index contributed by atoms with van der Waals surface area (Å²) in [7, 11) is 0. The predicted molar refractivity (Wildman–Crippen MR) is 79.2 cm³/mol. The summed E-state index contributed by atoms with van der Waals surface area (Å²) in [4.78, 5) is 4.81. The summed E-state index contributed by atoms with van der Waals surface area (Å²) in [6.07, 6.45) is 5.34. The van der Waals surface area contributed by atoms with Crippen molar-refractivity contribution in [1.29, 1.82) is 0 Å². The molecule has 0 radical (unpaired) electrons. The van der Waals surface area contributed by atoms with Crippen molar-refractivity contribution in [2.24, 2.45) is 0 Å². The summed E-state index contributed by atoms with van der Waals surface area (Å²) in [6, 6.07) is 16.7. The average Bonchev–Trinajstić information content (AvgIpc) is 3.01. The molecule has 1 aromatic heterocycles. The van der Waals surface area contributed by atoms with E-state index in [-0.39, 0.29) is 0 Å². The van der Waals surface area contributed by atoms with E-state index in [1.807, 2.05) is 18.2 Å². The van der Waals surface area contributed by atoms with Crippen LogP contribution in [0.3, 0.4) is 0 Å². The normalized spacial score (nSPS) is 15.6. The summed E-state index contributed by atoms with van der Waals surface area (Å²) >= 11 is 0. The van der Waals surface area contributed by atoms with Crippen LogP contribution in [0.1, 0.15) is 43.0 Å². The topological polar surface area (TPSA) is 24.9 Å². The summed E-state index contributed by atoms with van der Waals surface area (Å²) in [5.41, 5.74) is 3.56. The first-order chi connectivity index (χ1) is 9.42. The van der Waals surface area contributed by atoms with Gasteiger partial charge in [-0.25, -0.2) is 0 Å². The molecular weight excluding hydrogens is 232 g/mol. The third-order valence-corrected chi connectivity index (χ3v) is 3.85. The lowest BCUT2D eigenvalue weighted by molar-refractivity contribution is 0.692. The van der Waals surface area contributed by atoms with E-state index in [0.29, 0.717) is 5.92 Å². The molecule has 0 bridgehead atoms. The number of hydrogen-bond acceptors (Lipinski definition) is 2. The molecule has 1 heterocycles. The van der Waals surface area contributed by atoms with Gasteiger partial charge in [0.05, 0.1) is 12.2 Å². The summed E-state index contributed by atoms with van der Waals surface area (Å²) < 4.78 is 0. The van der Waals surface area contributed by atoms with Gasteiger partial charge < -0.3 is 5.32 Å². The van der Waals surface area contributed by atoms with Gasteiger partial charge >= 0.3 is 0 Å². The molecule has 2 aromatic rings. The Kier molecular flexibility index (Phi) is 3.78. The van der Waals surface area contributed by atoms with Gasteiger partial charge in [0.15, 0.2) is 0 Å². The van der Waals surface area contributed by atoms with Crippen molar-refractivity contribution >= 4 is 5.69 Å². The fraction of sp³-hybridized carbons (Fsp3) is 0.353. The number of aromatic nitrogens is 1. The van der Waals surface area contributed by atoms with Gasteiger partial charge in [0.25, 0.3) is 0 Å². The average molecular weight is 252 g/mol. The molecule has 1 aromatic carbocycles. The van der Waals surface area contributed by atoms with Crippen LogP contribution in [0.4, 0.5) is 5.69 Å². The number of pyridine rings is 1. The minimum atomic E-state index is 0.691. The van der Waals surface area contributed by atoms with Crippen LogP contribution in [0.2, 0.25) is 0 Å². The lowest BCUT2D eigenvalue weighted by Crippen LogP contribution is -2.04. The Balaban J connectivity index is 1.66. The second kappa shape index (κ2) is 5.87. The van der Waals surface area contributed by atoms with Crippen LogP contribution in [-0.4, -0.2) is 4.98 Å². The molecule has 3 rings (SSSR count). The van der Waals surface area contributed by atoms with E-state index < -0.39 is 0 Å². The lowest BCUT2D eigenvalue weighted by Gasteiger charge is -2.11. The Hall–Kier alpha value is -1.83. The number of rotatable bonds is 4. The molecule has 1 aliphatic carbocycles. The van der Waals surface area contributed by atoms with Gasteiger partial charge in [-0.15, -0.1) is 0 Å². The predicted octanol–water partition coefficient (Wildman–Crippen LogP) is 4.35. The number of hydrogen-bond donors (Lipinski definition) is 1. The summed E-state index contributed by atoms with van der Waals surface area (Å²) in [6.45, 7) is 0.796. The van der Waals surface area contributed by atoms with Gasteiger partial charge in [-0.2, -0.15) is 0 Å². The van der Waals surface area contributed by atoms with E-state index in [9.17, 15) is 0 Å². The van der Waals surface area contributed by atoms with Crippen LogP contribution >= 0.6 is 0 Å². The van der Waals surface area contributed by atoms with Crippen LogP contribution in [0, 0.1) is 0 Å². The Morgan fingerprint density at radius 1 is 0.947 bits per heavy atom. The smallest absolute Gasteiger partial charge is 0.0598 e. The zero-order valence-corrected chi connectivity index (χ0v) is 11.2. The maximum Gasteiger partial charge on any atom is 0.0598 e. The van der Waals surface area contributed by atoms with E-state index in [2.05, 4.69) is 35.6 Å². The highest BCUT2D eigenvalue weighted by Gasteiger charge is 2.18. The number of anilines is 1. The zero-order valence-electron chi connectivity index (χ0n) is 11.2. The first-order valence-electron chi connectivity index (χ1n) is 7.16. The molecule has 1 saturated carbocycles. The van der Waals surface area contributed by atoms with Gasteiger partial charge in [0.1, 0.15) is 0 Å². The highest BCUT2D eigenvalue weighted by Crippen LogP contribution is 2.32. The fourth-order valence-corrected chi connectivity index (χ4v) is 2.79.